The third-order valence-electron chi connectivity index (χ3n) is 3.16. The van der Waals surface area contributed by atoms with E-state index in [2.05, 4.69) is 23.3 Å². The van der Waals surface area contributed by atoms with Crippen LogP contribution in [-0.2, 0) is 30.6 Å². The van der Waals surface area contributed by atoms with E-state index in [1.54, 1.807) is 36.4 Å². The molecule has 2 aromatic rings. The highest BCUT2D eigenvalue weighted by Gasteiger charge is 2.16. The molecule has 8 heteroatoms. The van der Waals surface area contributed by atoms with Crippen LogP contribution in [0.5, 0.6) is 0 Å². The third kappa shape index (κ3) is 4.28. The van der Waals surface area contributed by atoms with Crippen molar-refractivity contribution in [1.29, 1.82) is 0 Å². The maximum Gasteiger partial charge on any atom is 0.227 e. The Morgan fingerprint density at radius 2 is 0.955 bits per heavy atom. The number of rotatable bonds is 5. The molecule has 4 nitrogen and oxygen atoms in total. The molecule has 0 aliphatic rings. The minimum atomic E-state index is -3.62. The van der Waals surface area contributed by atoms with Gasteiger partial charge < -0.3 is 0 Å². The standard InChI is InChI=1S/C14H14O4S4/c15-21(16,19)13-7-3-1-5-11(13)9-10-12-6-2-4-8-14(12)22(17,18)20/h1-8H,9-10H2,(H,15,16,19)(H,17,18,20). The maximum atomic E-state index is 11.6. The summed E-state index contributed by atoms with van der Waals surface area (Å²) >= 11 is 7.25. The van der Waals surface area contributed by atoms with Crippen molar-refractivity contribution in [2.24, 2.45) is 0 Å². The third-order valence-corrected chi connectivity index (χ3v) is 6.25. The molecular formula is C14H14O4S4. The quantitative estimate of drug-likeness (QED) is 0.624. The Hall–Kier alpha value is -0.960. The van der Waals surface area contributed by atoms with Gasteiger partial charge in [0.15, 0.2) is 0 Å². The van der Waals surface area contributed by atoms with E-state index in [0.29, 0.717) is 24.0 Å². The Morgan fingerprint density at radius 3 is 1.27 bits per heavy atom. The Morgan fingerprint density at radius 1 is 0.636 bits per heavy atom. The number of aryl methyl sites for hydroxylation is 2. The van der Waals surface area contributed by atoms with E-state index in [9.17, 15) is 16.8 Å². The molecule has 0 aliphatic carbocycles. The largest absolute Gasteiger partial charge is 0.227 e. The highest BCUT2D eigenvalue weighted by molar-refractivity contribution is 8.63. The number of hydrogen-bond acceptors (Lipinski definition) is 4. The molecule has 2 aromatic carbocycles. The van der Waals surface area contributed by atoms with Crippen LogP contribution in [0, 0.1) is 0 Å². The van der Waals surface area contributed by atoms with Crippen molar-refractivity contribution in [3.8, 4) is 0 Å². The van der Waals surface area contributed by atoms with Gasteiger partial charge in [-0.1, -0.05) is 36.4 Å². The zero-order chi connectivity index (χ0) is 16.4. The summed E-state index contributed by atoms with van der Waals surface area (Å²) in [5.74, 6) is 0. The summed E-state index contributed by atoms with van der Waals surface area (Å²) in [6, 6.07) is 13.1. The number of hydrogen-bond donors (Lipinski definition) is 2. The molecule has 0 heterocycles. The van der Waals surface area contributed by atoms with Crippen LogP contribution in [0.3, 0.4) is 0 Å². The van der Waals surface area contributed by atoms with E-state index in [0.717, 1.165) is 0 Å². The molecule has 0 radical (unpaired) electrons. The molecular weight excluding hydrogens is 360 g/mol. The molecule has 0 aliphatic heterocycles. The number of benzene rings is 2. The Kier molecular flexibility index (Phi) is 5.26. The van der Waals surface area contributed by atoms with Gasteiger partial charge in [-0.25, -0.2) is 16.8 Å². The van der Waals surface area contributed by atoms with Crippen LogP contribution in [0.25, 0.3) is 0 Å². The minimum absolute atomic E-state index is 0.143. The van der Waals surface area contributed by atoms with Crippen molar-refractivity contribution < 1.29 is 16.8 Å². The van der Waals surface area contributed by atoms with Gasteiger partial charge in [0.05, 0.1) is 9.79 Å². The molecule has 0 unspecified atom stereocenters. The lowest BCUT2D eigenvalue weighted by atomic mass is 10.0. The summed E-state index contributed by atoms with van der Waals surface area (Å²) in [6.45, 7) is 0. The SMILES string of the molecule is O=S(=O)(S)c1ccccc1CCc1ccccc1S(=O)(=O)S. The molecule has 118 valence electrons. The van der Waals surface area contributed by atoms with Gasteiger partial charge in [-0.2, -0.15) is 0 Å². The molecule has 0 atom stereocenters. The van der Waals surface area contributed by atoms with Crippen molar-refractivity contribution in [2.45, 2.75) is 22.6 Å². The van der Waals surface area contributed by atoms with Crippen molar-refractivity contribution in [3.05, 3.63) is 59.7 Å². The molecule has 22 heavy (non-hydrogen) atoms. The minimum Gasteiger partial charge on any atom is -0.212 e. The second-order valence-corrected chi connectivity index (χ2v) is 10.3. The Bertz CT molecular complexity index is 811. The summed E-state index contributed by atoms with van der Waals surface area (Å²) in [5.41, 5.74) is 1.20. The van der Waals surface area contributed by atoms with E-state index in [-0.39, 0.29) is 9.79 Å². The van der Waals surface area contributed by atoms with Crippen LogP contribution >= 0.6 is 23.3 Å². The molecule has 0 saturated carbocycles. The maximum absolute atomic E-state index is 11.6. The molecule has 0 amide bonds. The van der Waals surface area contributed by atoms with E-state index in [1.165, 1.54) is 12.1 Å². The van der Waals surface area contributed by atoms with E-state index < -0.39 is 17.7 Å². The molecule has 0 N–H and O–H groups in total. The average molecular weight is 375 g/mol. The van der Waals surface area contributed by atoms with Crippen LogP contribution in [0.4, 0.5) is 0 Å². The normalized spacial score (nSPS) is 12.3. The summed E-state index contributed by atoms with van der Waals surface area (Å²) in [5, 5.41) is 0. The zero-order valence-corrected chi connectivity index (χ0v) is 14.8. The molecule has 0 bridgehead atoms. The lowest BCUT2D eigenvalue weighted by molar-refractivity contribution is 0.607. The summed E-state index contributed by atoms with van der Waals surface area (Å²) in [4.78, 5) is 0.286. The van der Waals surface area contributed by atoms with Crippen LogP contribution in [0.2, 0.25) is 0 Å². The van der Waals surface area contributed by atoms with Gasteiger partial charge in [-0.05, 0) is 59.4 Å². The topological polar surface area (TPSA) is 68.3 Å². The van der Waals surface area contributed by atoms with Crippen LogP contribution in [0.1, 0.15) is 11.1 Å². The van der Waals surface area contributed by atoms with Crippen molar-refractivity contribution in [3.63, 3.8) is 0 Å². The second-order valence-electron chi connectivity index (χ2n) is 4.67. The molecule has 0 saturated heterocycles. The van der Waals surface area contributed by atoms with E-state index in [1.807, 2.05) is 0 Å². The van der Waals surface area contributed by atoms with Crippen molar-refractivity contribution >= 4 is 41.1 Å². The Balaban J connectivity index is 2.34. The summed E-state index contributed by atoms with van der Waals surface area (Å²) in [6.07, 6.45) is 0.770. The van der Waals surface area contributed by atoms with Crippen LogP contribution in [-0.4, -0.2) is 16.8 Å². The van der Waals surface area contributed by atoms with E-state index in [4.69, 9.17) is 0 Å². The average Bonchev–Trinajstić information content (AvgIpc) is 2.44. The van der Waals surface area contributed by atoms with Gasteiger partial charge in [-0.15, -0.1) is 0 Å². The van der Waals surface area contributed by atoms with Gasteiger partial charge in [0.1, 0.15) is 0 Å². The zero-order valence-electron chi connectivity index (χ0n) is 11.4. The van der Waals surface area contributed by atoms with Gasteiger partial charge >= 0.3 is 0 Å². The molecule has 0 aromatic heterocycles. The molecule has 0 fully saturated rings. The summed E-state index contributed by atoms with van der Waals surface area (Å²) in [7, 11) is -7.23. The predicted molar refractivity (Wildman–Crippen MR) is 92.6 cm³/mol. The first-order chi connectivity index (χ1) is 10.2. The monoisotopic (exact) mass is 374 g/mol. The number of thiol groups is 2. The first-order valence-corrected chi connectivity index (χ1v) is 11.4. The lowest BCUT2D eigenvalue weighted by Crippen LogP contribution is -2.03. The van der Waals surface area contributed by atoms with Crippen LogP contribution < -0.4 is 0 Å². The van der Waals surface area contributed by atoms with Gasteiger partial charge in [-0.3, -0.25) is 0 Å². The fourth-order valence-corrected chi connectivity index (χ4v) is 4.77. The second kappa shape index (κ2) is 6.66. The lowest BCUT2D eigenvalue weighted by Gasteiger charge is -2.09. The fraction of sp³-hybridized carbons (Fsp3) is 0.143. The van der Waals surface area contributed by atoms with Crippen LogP contribution in [0.15, 0.2) is 58.3 Å². The first kappa shape index (κ1) is 17.4. The van der Waals surface area contributed by atoms with Gasteiger partial charge in [0.2, 0.25) is 17.7 Å². The highest BCUT2D eigenvalue weighted by Crippen LogP contribution is 2.24. The smallest absolute Gasteiger partial charge is 0.212 e. The predicted octanol–water partition coefficient (Wildman–Crippen LogP) is 2.71. The highest BCUT2D eigenvalue weighted by atomic mass is 33.1. The van der Waals surface area contributed by atoms with Crippen molar-refractivity contribution in [1.82, 2.24) is 0 Å². The van der Waals surface area contributed by atoms with Gasteiger partial charge in [0, 0.05) is 0 Å². The van der Waals surface area contributed by atoms with Crippen molar-refractivity contribution in [2.75, 3.05) is 0 Å². The van der Waals surface area contributed by atoms with Gasteiger partial charge in [0.25, 0.3) is 0 Å². The molecule has 2 rings (SSSR count). The first-order valence-electron chi connectivity index (χ1n) is 6.30. The van der Waals surface area contributed by atoms with E-state index >= 15 is 0 Å². The Labute approximate surface area is 140 Å². The fourth-order valence-electron chi connectivity index (χ4n) is 2.19. The molecule has 0 spiro atoms. The summed E-state index contributed by atoms with van der Waals surface area (Å²) < 4.78 is 46.6.